The maximum atomic E-state index is 13.4. The van der Waals surface area contributed by atoms with E-state index in [-0.39, 0.29) is 17.6 Å². The number of aliphatic carboxylic acids is 1. The van der Waals surface area contributed by atoms with Crippen LogP contribution in [0.3, 0.4) is 0 Å². The van der Waals surface area contributed by atoms with Gasteiger partial charge < -0.3 is 10.0 Å². The van der Waals surface area contributed by atoms with Gasteiger partial charge in [-0.3, -0.25) is 9.59 Å². The van der Waals surface area contributed by atoms with Gasteiger partial charge in [0, 0.05) is 17.8 Å². The average molecular weight is 335 g/mol. The molecule has 0 aliphatic carbocycles. The number of amides is 1. The Balaban J connectivity index is 1.87. The maximum absolute atomic E-state index is 13.4. The van der Waals surface area contributed by atoms with Gasteiger partial charge in [0.25, 0.3) is 5.91 Å². The summed E-state index contributed by atoms with van der Waals surface area (Å²) in [5, 5.41) is 10.1. The van der Waals surface area contributed by atoms with Crippen LogP contribution in [0.1, 0.15) is 28.6 Å². The van der Waals surface area contributed by atoms with Crippen molar-refractivity contribution in [3.63, 3.8) is 0 Å². The summed E-state index contributed by atoms with van der Waals surface area (Å²) >= 11 is 1.30. The van der Waals surface area contributed by atoms with Crippen LogP contribution in [0.4, 0.5) is 4.39 Å². The van der Waals surface area contributed by atoms with Gasteiger partial charge in [-0.15, -0.1) is 11.3 Å². The molecule has 1 amide bonds. The van der Waals surface area contributed by atoms with Crippen LogP contribution < -0.4 is 0 Å². The van der Waals surface area contributed by atoms with Crippen molar-refractivity contribution in [1.29, 1.82) is 0 Å². The van der Waals surface area contributed by atoms with Crippen LogP contribution in [0, 0.1) is 24.6 Å². The van der Waals surface area contributed by atoms with Gasteiger partial charge in [0.1, 0.15) is 5.82 Å². The number of carbonyl (C=O) groups is 2. The first-order valence-corrected chi connectivity index (χ1v) is 8.41. The molecule has 0 spiro atoms. The first-order chi connectivity index (χ1) is 10.9. The van der Waals surface area contributed by atoms with Crippen molar-refractivity contribution >= 4 is 33.3 Å². The number of fused-ring (bicyclic) bond motifs is 1. The Bertz CT molecular complexity index is 785. The lowest BCUT2D eigenvalue weighted by Gasteiger charge is -2.34. The van der Waals surface area contributed by atoms with E-state index < -0.39 is 11.9 Å². The highest BCUT2D eigenvalue weighted by Crippen LogP contribution is 2.33. The van der Waals surface area contributed by atoms with E-state index in [1.807, 2.05) is 13.8 Å². The zero-order valence-corrected chi connectivity index (χ0v) is 13.8. The van der Waals surface area contributed by atoms with Crippen LogP contribution in [0.25, 0.3) is 10.1 Å². The first kappa shape index (κ1) is 15.9. The summed E-state index contributed by atoms with van der Waals surface area (Å²) in [6, 6.07) is 4.55. The maximum Gasteiger partial charge on any atom is 0.306 e. The Morgan fingerprint density at radius 2 is 2.13 bits per heavy atom. The van der Waals surface area contributed by atoms with E-state index >= 15 is 0 Å². The van der Waals surface area contributed by atoms with E-state index in [9.17, 15) is 19.1 Å². The number of rotatable bonds is 2. The Morgan fingerprint density at radius 3 is 2.78 bits per heavy atom. The zero-order valence-electron chi connectivity index (χ0n) is 13.0. The van der Waals surface area contributed by atoms with Crippen molar-refractivity contribution in [2.75, 3.05) is 13.1 Å². The van der Waals surface area contributed by atoms with Gasteiger partial charge in [-0.25, -0.2) is 4.39 Å². The predicted molar refractivity (Wildman–Crippen MR) is 87.3 cm³/mol. The van der Waals surface area contributed by atoms with E-state index in [0.29, 0.717) is 24.4 Å². The minimum Gasteiger partial charge on any atom is -0.481 e. The summed E-state index contributed by atoms with van der Waals surface area (Å²) in [5.74, 6) is -1.65. The largest absolute Gasteiger partial charge is 0.481 e. The number of hydrogen-bond acceptors (Lipinski definition) is 3. The fourth-order valence-corrected chi connectivity index (χ4v) is 4.45. The molecule has 2 heterocycles. The molecule has 2 unspecified atom stereocenters. The van der Waals surface area contributed by atoms with Crippen LogP contribution in [-0.4, -0.2) is 35.0 Å². The molecule has 0 bridgehead atoms. The van der Waals surface area contributed by atoms with Gasteiger partial charge in [0.15, 0.2) is 0 Å². The summed E-state index contributed by atoms with van der Waals surface area (Å²) in [6.07, 6.45) is 0.473. The number of aryl methyl sites for hydroxylation is 1. The van der Waals surface area contributed by atoms with Gasteiger partial charge in [0.2, 0.25) is 0 Å². The first-order valence-electron chi connectivity index (χ1n) is 7.59. The summed E-state index contributed by atoms with van der Waals surface area (Å²) in [7, 11) is 0. The highest BCUT2D eigenvalue weighted by atomic mass is 32.1. The fourth-order valence-electron chi connectivity index (χ4n) is 3.24. The molecule has 6 heteroatoms. The molecule has 1 aromatic carbocycles. The molecule has 1 N–H and O–H groups in total. The zero-order chi connectivity index (χ0) is 16.7. The molecule has 1 aromatic heterocycles. The third-order valence-electron chi connectivity index (χ3n) is 4.60. The van der Waals surface area contributed by atoms with E-state index in [0.717, 1.165) is 15.6 Å². The van der Waals surface area contributed by atoms with Crippen molar-refractivity contribution in [3.05, 3.63) is 34.5 Å². The smallest absolute Gasteiger partial charge is 0.306 e. The van der Waals surface area contributed by atoms with Crippen LogP contribution in [-0.2, 0) is 4.79 Å². The lowest BCUT2D eigenvalue weighted by molar-refractivity contribution is -0.145. The van der Waals surface area contributed by atoms with Gasteiger partial charge in [-0.1, -0.05) is 13.0 Å². The molecule has 1 aliphatic rings. The highest BCUT2D eigenvalue weighted by molar-refractivity contribution is 7.21. The Morgan fingerprint density at radius 1 is 1.39 bits per heavy atom. The molecule has 2 atom stereocenters. The summed E-state index contributed by atoms with van der Waals surface area (Å²) in [4.78, 5) is 26.3. The molecule has 4 nitrogen and oxygen atoms in total. The van der Waals surface area contributed by atoms with Crippen molar-refractivity contribution in [3.8, 4) is 0 Å². The summed E-state index contributed by atoms with van der Waals surface area (Å²) in [5.41, 5.74) is 0.864. The SMILES string of the molecule is Cc1c(C(=O)N2CCC(C(=O)O)C(C)C2)sc2cc(F)ccc12. The van der Waals surface area contributed by atoms with E-state index in [1.165, 1.54) is 23.5 Å². The molecule has 2 aromatic rings. The second kappa shape index (κ2) is 5.92. The number of hydrogen-bond donors (Lipinski definition) is 1. The third-order valence-corrected chi connectivity index (χ3v) is 5.85. The molecule has 3 rings (SSSR count). The molecular weight excluding hydrogens is 317 g/mol. The number of carboxylic acids is 1. The second-order valence-electron chi connectivity index (χ2n) is 6.16. The van der Waals surface area contributed by atoms with Gasteiger partial charge >= 0.3 is 5.97 Å². The van der Waals surface area contributed by atoms with Gasteiger partial charge in [-0.05, 0) is 42.3 Å². The van der Waals surface area contributed by atoms with Crippen molar-refractivity contribution in [1.82, 2.24) is 4.90 Å². The molecule has 122 valence electrons. The van der Waals surface area contributed by atoms with Gasteiger partial charge in [-0.2, -0.15) is 0 Å². The number of piperidine rings is 1. The number of halogens is 1. The van der Waals surface area contributed by atoms with Crippen molar-refractivity contribution < 1.29 is 19.1 Å². The van der Waals surface area contributed by atoms with Crippen LogP contribution in [0.15, 0.2) is 18.2 Å². The molecule has 0 radical (unpaired) electrons. The highest BCUT2D eigenvalue weighted by Gasteiger charge is 2.34. The summed E-state index contributed by atoms with van der Waals surface area (Å²) in [6.45, 7) is 4.63. The number of thiophene rings is 1. The standard InChI is InChI=1S/C17H18FNO3S/c1-9-8-19(6-5-12(9)17(21)22)16(20)15-10(2)13-4-3-11(18)7-14(13)23-15/h3-4,7,9,12H,5-6,8H2,1-2H3,(H,21,22). The number of likely N-dealkylation sites (tertiary alicyclic amines) is 1. The molecular formula is C17H18FNO3S. The van der Waals surface area contributed by atoms with E-state index in [1.54, 1.807) is 11.0 Å². The average Bonchev–Trinajstić information content (AvgIpc) is 2.82. The fraction of sp³-hybridized carbons (Fsp3) is 0.412. The van der Waals surface area contributed by atoms with Crippen LogP contribution >= 0.6 is 11.3 Å². The third kappa shape index (κ3) is 2.83. The lowest BCUT2D eigenvalue weighted by Crippen LogP contribution is -2.44. The van der Waals surface area contributed by atoms with Crippen LogP contribution in [0.5, 0.6) is 0 Å². The molecule has 1 aliphatic heterocycles. The number of benzene rings is 1. The predicted octanol–water partition coefficient (Wildman–Crippen LogP) is 3.53. The molecule has 1 fully saturated rings. The topological polar surface area (TPSA) is 57.6 Å². The minimum atomic E-state index is -0.793. The molecule has 1 saturated heterocycles. The Labute approximate surface area is 137 Å². The molecule has 23 heavy (non-hydrogen) atoms. The monoisotopic (exact) mass is 335 g/mol. The Hall–Kier alpha value is -1.95. The van der Waals surface area contributed by atoms with Crippen molar-refractivity contribution in [2.45, 2.75) is 20.3 Å². The quantitative estimate of drug-likeness (QED) is 0.913. The number of nitrogens with zero attached hydrogens (tertiary/aromatic N) is 1. The van der Waals surface area contributed by atoms with Gasteiger partial charge in [0.05, 0.1) is 10.8 Å². The Kier molecular flexibility index (Phi) is 4.10. The lowest BCUT2D eigenvalue weighted by atomic mass is 9.87. The van der Waals surface area contributed by atoms with E-state index in [2.05, 4.69) is 0 Å². The van der Waals surface area contributed by atoms with Crippen LogP contribution in [0.2, 0.25) is 0 Å². The normalized spacial score (nSPS) is 21.6. The minimum absolute atomic E-state index is 0.0719. The second-order valence-corrected chi connectivity index (χ2v) is 7.21. The van der Waals surface area contributed by atoms with Crippen molar-refractivity contribution in [2.24, 2.45) is 11.8 Å². The number of carbonyl (C=O) groups excluding carboxylic acids is 1. The number of carboxylic acid groups (broad SMARTS) is 1. The van der Waals surface area contributed by atoms with E-state index in [4.69, 9.17) is 0 Å². The summed E-state index contributed by atoms with van der Waals surface area (Å²) < 4.78 is 14.1. The molecule has 0 saturated carbocycles.